The third-order valence-electron chi connectivity index (χ3n) is 3.74. The highest BCUT2D eigenvalue weighted by Crippen LogP contribution is 2.12. The minimum Gasteiger partial charge on any atom is -0.0843 e. The lowest BCUT2D eigenvalue weighted by atomic mass is 10.1. The number of benzene rings is 1. The van der Waals surface area contributed by atoms with Crippen molar-refractivity contribution in [3.05, 3.63) is 29.3 Å². The molecule has 0 N–H and O–H groups in total. The summed E-state index contributed by atoms with van der Waals surface area (Å²) in [4.78, 5) is 0. The average molecular weight is 296 g/mol. The Balaban J connectivity index is 2.04. The molecule has 19 heavy (non-hydrogen) atoms. The van der Waals surface area contributed by atoms with Gasteiger partial charge in [-0.2, -0.15) is 0 Å². The molecular formula is C17H28ClSi. The highest BCUT2D eigenvalue weighted by Gasteiger charge is 2.07. The molecule has 1 rings (SSSR count). The molecule has 1 aromatic rings. The Morgan fingerprint density at radius 1 is 0.842 bits per heavy atom. The third kappa shape index (κ3) is 7.79. The molecule has 1 radical (unpaired) electrons. The Bertz CT molecular complexity index is 321. The van der Waals surface area contributed by atoms with Crippen LogP contribution in [0.5, 0.6) is 0 Å². The van der Waals surface area contributed by atoms with Crippen LogP contribution in [0.4, 0.5) is 0 Å². The minimum absolute atomic E-state index is 0.343. The third-order valence-corrected chi connectivity index (χ3v) is 6.42. The molecule has 1 aromatic carbocycles. The van der Waals surface area contributed by atoms with Crippen molar-refractivity contribution >= 4 is 25.6 Å². The lowest BCUT2D eigenvalue weighted by molar-refractivity contribution is 0.584. The fourth-order valence-corrected chi connectivity index (χ4v) is 4.33. The molecular weight excluding hydrogens is 268 g/mol. The number of hydrogen-bond acceptors (Lipinski definition) is 0. The van der Waals surface area contributed by atoms with E-state index in [1.165, 1.54) is 62.6 Å². The molecule has 0 amide bonds. The van der Waals surface area contributed by atoms with Crippen molar-refractivity contribution < 1.29 is 0 Å². The van der Waals surface area contributed by atoms with Gasteiger partial charge in [-0.15, -0.1) is 0 Å². The van der Waals surface area contributed by atoms with Gasteiger partial charge >= 0.3 is 0 Å². The van der Waals surface area contributed by atoms with Gasteiger partial charge in [-0.05, 0) is 12.1 Å². The number of hydrogen-bond donors (Lipinski definition) is 0. The van der Waals surface area contributed by atoms with Gasteiger partial charge in [-0.25, -0.2) is 0 Å². The van der Waals surface area contributed by atoms with Crippen molar-refractivity contribution in [1.82, 2.24) is 0 Å². The van der Waals surface area contributed by atoms with E-state index < -0.39 is 0 Å². The Kier molecular flexibility index (Phi) is 9.28. The van der Waals surface area contributed by atoms with Gasteiger partial charge in [0.25, 0.3) is 0 Å². The second kappa shape index (κ2) is 10.5. The molecule has 0 fully saturated rings. The fraction of sp³-hybridized carbons (Fsp3) is 0.647. The zero-order valence-corrected chi connectivity index (χ0v) is 14.3. The smallest absolute Gasteiger partial charge is 0.0824 e. The van der Waals surface area contributed by atoms with Crippen LogP contribution < -0.4 is 5.19 Å². The van der Waals surface area contributed by atoms with E-state index in [0.29, 0.717) is 0 Å². The van der Waals surface area contributed by atoms with Crippen LogP contribution >= 0.6 is 11.6 Å². The molecule has 0 aromatic heterocycles. The molecule has 0 saturated heterocycles. The molecule has 0 heterocycles. The van der Waals surface area contributed by atoms with Crippen molar-refractivity contribution in [2.75, 3.05) is 0 Å². The van der Waals surface area contributed by atoms with E-state index in [2.05, 4.69) is 25.6 Å². The summed E-state index contributed by atoms with van der Waals surface area (Å²) < 4.78 is 0. The SMILES string of the molecule is CCCCCCCCCC[Si](C)c1ccc(Cl)cc1. The lowest BCUT2D eigenvalue weighted by Crippen LogP contribution is -2.25. The molecule has 0 nitrogen and oxygen atoms in total. The molecule has 0 saturated carbocycles. The Morgan fingerprint density at radius 2 is 1.37 bits per heavy atom. The predicted octanol–water partition coefficient (Wildman–Crippen LogP) is 5.81. The lowest BCUT2D eigenvalue weighted by Gasteiger charge is -2.09. The summed E-state index contributed by atoms with van der Waals surface area (Å²) in [6, 6.07) is 9.88. The summed E-state index contributed by atoms with van der Waals surface area (Å²) in [5.74, 6) is 0. The van der Waals surface area contributed by atoms with Crippen LogP contribution in [0.2, 0.25) is 17.6 Å². The van der Waals surface area contributed by atoms with Gasteiger partial charge in [0.1, 0.15) is 0 Å². The zero-order valence-electron chi connectivity index (χ0n) is 12.6. The van der Waals surface area contributed by atoms with Gasteiger partial charge in [0, 0.05) is 5.02 Å². The van der Waals surface area contributed by atoms with Crippen molar-refractivity contribution in [3.8, 4) is 0 Å². The molecule has 0 bridgehead atoms. The van der Waals surface area contributed by atoms with Gasteiger partial charge in [0.15, 0.2) is 0 Å². The van der Waals surface area contributed by atoms with Crippen LogP contribution in [0.1, 0.15) is 58.3 Å². The number of rotatable bonds is 10. The second-order valence-corrected chi connectivity index (χ2v) is 8.59. The van der Waals surface area contributed by atoms with E-state index in [4.69, 9.17) is 11.6 Å². The Hall–Kier alpha value is -0.273. The van der Waals surface area contributed by atoms with Gasteiger partial charge in [-0.1, -0.05) is 99.8 Å². The van der Waals surface area contributed by atoms with Crippen molar-refractivity contribution in [3.63, 3.8) is 0 Å². The fourth-order valence-electron chi connectivity index (χ4n) is 2.40. The summed E-state index contributed by atoms with van der Waals surface area (Å²) >= 11 is 5.93. The van der Waals surface area contributed by atoms with E-state index in [-0.39, 0.29) is 8.80 Å². The van der Waals surface area contributed by atoms with E-state index in [9.17, 15) is 0 Å². The molecule has 2 heteroatoms. The monoisotopic (exact) mass is 295 g/mol. The second-order valence-electron chi connectivity index (χ2n) is 5.51. The molecule has 0 aliphatic carbocycles. The van der Waals surface area contributed by atoms with E-state index >= 15 is 0 Å². The van der Waals surface area contributed by atoms with Crippen molar-refractivity contribution in [2.24, 2.45) is 0 Å². The minimum atomic E-state index is -0.343. The summed E-state index contributed by atoms with van der Waals surface area (Å²) in [6.07, 6.45) is 11.3. The highest BCUT2D eigenvalue weighted by atomic mass is 35.5. The first kappa shape index (κ1) is 16.8. The predicted molar refractivity (Wildman–Crippen MR) is 90.1 cm³/mol. The number of halogens is 1. The van der Waals surface area contributed by atoms with E-state index in [1.807, 2.05) is 12.1 Å². The molecule has 0 aliphatic heterocycles. The maximum Gasteiger partial charge on any atom is 0.0824 e. The molecule has 0 spiro atoms. The van der Waals surface area contributed by atoms with Crippen LogP contribution in [0.15, 0.2) is 24.3 Å². The largest absolute Gasteiger partial charge is 0.0843 e. The molecule has 0 aliphatic rings. The van der Waals surface area contributed by atoms with Gasteiger partial charge in [0.05, 0.1) is 8.80 Å². The average Bonchev–Trinajstić information content (AvgIpc) is 2.42. The first-order valence-electron chi connectivity index (χ1n) is 7.82. The normalized spacial score (nSPS) is 11.2. The maximum absolute atomic E-state index is 5.93. The van der Waals surface area contributed by atoms with Crippen LogP contribution in [0.3, 0.4) is 0 Å². The summed E-state index contributed by atoms with van der Waals surface area (Å²) in [6.45, 7) is 4.71. The van der Waals surface area contributed by atoms with E-state index in [0.717, 1.165) is 5.02 Å². The van der Waals surface area contributed by atoms with Crippen molar-refractivity contribution in [1.29, 1.82) is 0 Å². The molecule has 0 unspecified atom stereocenters. The standard InChI is InChI=1S/C17H28ClSi/c1-3-4-5-6-7-8-9-10-15-19(2)17-13-11-16(18)12-14-17/h11-14H,3-10,15H2,1-2H3. The quantitative estimate of drug-likeness (QED) is 0.377. The van der Waals surface area contributed by atoms with Crippen molar-refractivity contribution in [2.45, 2.75) is 70.9 Å². The Morgan fingerprint density at radius 3 is 1.95 bits per heavy atom. The Labute approximate surface area is 126 Å². The topological polar surface area (TPSA) is 0 Å². The summed E-state index contributed by atoms with van der Waals surface area (Å²) in [7, 11) is -0.343. The first-order chi connectivity index (χ1) is 9.24. The molecule has 107 valence electrons. The van der Waals surface area contributed by atoms with Crippen LogP contribution in [0.25, 0.3) is 0 Å². The summed E-state index contributed by atoms with van der Waals surface area (Å²) in [5.41, 5.74) is 0. The van der Waals surface area contributed by atoms with Crippen LogP contribution in [0, 0.1) is 0 Å². The molecule has 0 atom stereocenters. The van der Waals surface area contributed by atoms with Gasteiger partial charge < -0.3 is 0 Å². The van der Waals surface area contributed by atoms with Crippen LogP contribution in [-0.2, 0) is 0 Å². The van der Waals surface area contributed by atoms with E-state index in [1.54, 1.807) is 0 Å². The van der Waals surface area contributed by atoms with Gasteiger partial charge in [0.2, 0.25) is 0 Å². The zero-order chi connectivity index (χ0) is 13.9. The summed E-state index contributed by atoms with van der Waals surface area (Å²) in [5, 5.41) is 2.38. The van der Waals surface area contributed by atoms with Crippen LogP contribution in [-0.4, -0.2) is 8.80 Å². The van der Waals surface area contributed by atoms with Gasteiger partial charge in [-0.3, -0.25) is 0 Å². The first-order valence-corrected chi connectivity index (χ1v) is 10.4. The maximum atomic E-state index is 5.93. The highest BCUT2D eigenvalue weighted by molar-refractivity contribution is 6.72. The number of unbranched alkanes of at least 4 members (excludes halogenated alkanes) is 7.